The SMILES string of the molecule is OCc1cccc2ccn(Cc3ccc4ccccc4c3)c12. The summed E-state index contributed by atoms with van der Waals surface area (Å²) in [5.74, 6) is 0. The molecule has 0 unspecified atom stereocenters. The van der Waals surface area contributed by atoms with Gasteiger partial charge in [-0.2, -0.15) is 0 Å². The molecule has 0 saturated carbocycles. The Hall–Kier alpha value is -2.58. The summed E-state index contributed by atoms with van der Waals surface area (Å²) in [5, 5.41) is 13.3. The summed E-state index contributed by atoms with van der Waals surface area (Å²) in [7, 11) is 0. The molecule has 0 aliphatic carbocycles. The van der Waals surface area contributed by atoms with Crippen LogP contribution in [0.5, 0.6) is 0 Å². The van der Waals surface area contributed by atoms with Crippen LogP contribution in [0.2, 0.25) is 0 Å². The van der Waals surface area contributed by atoms with Gasteiger partial charge in [-0.05, 0) is 33.9 Å². The number of aliphatic hydroxyl groups excluding tert-OH is 1. The summed E-state index contributed by atoms with van der Waals surface area (Å²) in [5.41, 5.74) is 3.37. The van der Waals surface area contributed by atoms with E-state index in [2.05, 4.69) is 65.4 Å². The topological polar surface area (TPSA) is 25.2 Å². The van der Waals surface area contributed by atoms with Gasteiger partial charge < -0.3 is 9.67 Å². The lowest BCUT2D eigenvalue weighted by Gasteiger charge is -2.09. The van der Waals surface area contributed by atoms with Gasteiger partial charge in [-0.15, -0.1) is 0 Å². The normalized spacial score (nSPS) is 11.3. The van der Waals surface area contributed by atoms with Crippen LogP contribution in [-0.4, -0.2) is 9.67 Å². The first-order chi connectivity index (χ1) is 10.8. The maximum atomic E-state index is 9.57. The number of para-hydroxylation sites is 1. The monoisotopic (exact) mass is 287 g/mol. The third kappa shape index (κ3) is 2.18. The molecule has 1 N–H and O–H groups in total. The van der Waals surface area contributed by atoms with Gasteiger partial charge in [0.15, 0.2) is 0 Å². The van der Waals surface area contributed by atoms with Gasteiger partial charge in [-0.1, -0.05) is 54.6 Å². The molecule has 0 aliphatic heterocycles. The molecule has 4 aromatic rings. The standard InChI is InChI=1S/C20H17NO/c22-14-19-7-3-6-17-10-11-21(20(17)19)13-15-8-9-16-4-1-2-5-18(16)12-15/h1-12,22H,13-14H2. The molecule has 0 fully saturated rings. The zero-order valence-electron chi connectivity index (χ0n) is 12.2. The van der Waals surface area contributed by atoms with Crippen molar-refractivity contribution in [1.29, 1.82) is 0 Å². The van der Waals surface area contributed by atoms with Crippen LogP contribution in [0.3, 0.4) is 0 Å². The molecular weight excluding hydrogens is 270 g/mol. The minimum Gasteiger partial charge on any atom is -0.392 e. The van der Waals surface area contributed by atoms with Crippen LogP contribution in [0.4, 0.5) is 0 Å². The first-order valence-corrected chi connectivity index (χ1v) is 7.50. The fourth-order valence-corrected chi connectivity index (χ4v) is 3.13. The highest BCUT2D eigenvalue weighted by Gasteiger charge is 2.06. The van der Waals surface area contributed by atoms with Gasteiger partial charge in [-0.25, -0.2) is 0 Å². The molecule has 0 amide bonds. The van der Waals surface area contributed by atoms with Crippen molar-refractivity contribution in [2.45, 2.75) is 13.2 Å². The molecule has 0 radical (unpaired) electrons. The van der Waals surface area contributed by atoms with Gasteiger partial charge in [0.05, 0.1) is 12.1 Å². The number of fused-ring (bicyclic) bond motifs is 2. The highest BCUT2D eigenvalue weighted by molar-refractivity contribution is 5.84. The summed E-state index contributed by atoms with van der Waals surface area (Å²) in [6, 6.07) is 23.2. The minimum atomic E-state index is 0.0685. The second kappa shape index (κ2) is 5.32. The van der Waals surface area contributed by atoms with E-state index in [1.54, 1.807) is 0 Å². The lowest BCUT2D eigenvalue weighted by Crippen LogP contribution is -2.00. The highest BCUT2D eigenvalue weighted by Crippen LogP contribution is 2.23. The molecule has 2 heteroatoms. The van der Waals surface area contributed by atoms with Crippen molar-refractivity contribution in [3.63, 3.8) is 0 Å². The van der Waals surface area contributed by atoms with Gasteiger partial charge in [-0.3, -0.25) is 0 Å². The summed E-state index contributed by atoms with van der Waals surface area (Å²) in [6.45, 7) is 0.879. The summed E-state index contributed by atoms with van der Waals surface area (Å²) in [4.78, 5) is 0. The van der Waals surface area contributed by atoms with Gasteiger partial charge in [0.25, 0.3) is 0 Å². The zero-order valence-corrected chi connectivity index (χ0v) is 12.2. The fraction of sp³-hybridized carbons (Fsp3) is 0.100. The number of benzene rings is 3. The average molecular weight is 287 g/mol. The lowest BCUT2D eigenvalue weighted by molar-refractivity contribution is 0.283. The Morgan fingerprint density at radius 1 is 0.773 bits per heavy atom. The van der Waals surface area contributed by atoms with E-state index in [9.17, 15) is 5.11 Å². The summed E-state index contributed by atoms with van der Waals surface area (Å²) >= 11 is 0. The van der Waals surface area contributed by atoms with Crippen molar-refractivity contribution >= 4 is 21.7 Å². The van der Waals surface area contributed by atoms with Crippen molar-refractivity contribution in [3.05, 3.63) is 84.1 Å². The largest absolute Gasteiger partial charge is 0.392 e. The van der Waals surface area contributed by atoms with Crippen LogP contribution in [0, 0.1) is 0 Å². The van der Waals surface area contributed by atoms with Crippen molar-refractivity contribution in [2.75, 3.05) is 0 Å². The van der Waals surface area contributed by atoms with E-state index in [4.69, 9.17) is 0 Å². The minimum absolute atomic E-state index is 0.0685. The molecule has 4 rings (SSSR count). The van der Waals surface area contributed by atoms with Crippen molar-refractivity contribution in [2.24, 2.45) is 0 Å². The summed E-state index contributed by atoms with van der Waals surface area (Å²) in [6.07, 6.45) is 2.10. The number of hydrogen-bond acceptors (Lipinski definition) is 1. The van der Waals surface area contributed by atoms with Gasteiger partial charge in [0.1, 0.15) is 0 Å². The lowest BCUT2D eigenvalue weighted by atomic mass is 10.1. The molecule has 0 aliphatic rings. The fourth-order valence-electron chi connectivity index (χ4n) is 3.13. The number of nitrogens with zero attached hydrogens (tertiary/aromatic N) is 1. The first-order valence-electron chi connectivity index (χ1n) is 7.50. The third-order valence-electron chi connectivity index (χ3n) is 4.21. The number of rotatable bonds is 3. The van der Waals surface area contributed by atoms with E-state index < -0.39 is 0 Å². The molecule has 1 heterocycles. The highest BCUT2D eigenvalue weighted by atomic mass is 16.3. The van der Waals surface area contributed by atoms with Crippen LogP contribution in [0.1, 0.15) is 11.1 Å². The van der Waals surface area contributed by atoms with Crippen LogP contribution >= 0.6 is 0 Å². The smallest absolute Gasteiger partial charge is 0.0702 e. The average Bonchev–Trinajstić information content (AvgIpc) is 2.98. The molecule has 2 nitrogen and oxygen atoms in total. The number of aromatic nitrogens is 1. The Morgan fingerprint density at radius 3 is 2.45 bits per heavy atom. The maximum Gasteiger partial charge on any atom is 0.0702 e. The molecule has 108 valence electrons. The third-order valence-corrected chi connectivity index (χ3v) is 4.21. The van der Waals surface area contributed by atoms with Crippen LogP contribution in [0.15, 0.2) is 72.9 Å². The van der Waals surface area contributed by atoms with E-state index in [1.807, 2.05) is 12.1 Å². The van der Waals surface area contributed by atoms with Crippen LogP contribution < -0.4 is 0 Å². The molecule has 1 aromatic heterocycles. The Morgan fingerprint density at radius 2 is 1.59 bits per heavy atom. The number of hydrogen-bond donors (Lipinski definition) is 1. The Balaban J connectivity index is 1.79. The summed E-state index contributed by atoms with van der Waals surface area (Å²) < 4.78 is 2.21. The van der Waals surface area contributed by atoms with Crippen molar-refractivity contribution in [3.8, 4) is 0 Å². The second-order valence-corrected chi connectivity index (χ2v) is 5.64. The molecule has 3 aromatic carbocycles. The maximum absolute atomic E-state index is 9.57. The number of aliphatic hydroxyl groups is 1. The van der Waals surface area contributed by atoms with E-state index >= 15 is 0 Å². The molecular formula is C20H17NO. The Bertz CT molecular complexity index is 952. The van der Waals surface area contributed by atoms with Gasteiger partial charge in [0, 0.05) is 18.3 Å². The molecule has 22 heavy (non-hydrogen) atoms. The van der Waals surface area contributed by atoms with Gasteiger partial charge in [0.2, 0.25) is 0 Å². The predicted molar refractivity (Wildman–Crippen MR) is 90.9 cm³/mol. The van der Waals surface area contributed by atoms with Crippen molar-refractivity contribution < 1.29 is 5.11 Å². The predicted octanol–water partition coefficient (Wildman–Crippen LogP) is 4.34. The second-order valence-electron chi connectivity index (χ2n) is 5.64. The molecule has 0 saturated heterocycles. The van der Waals surface area contributed by atoms with E-state index in [0.29, 0.717) is 0 Å². The van der Waals surface area contributed by atoms with E-state index in [-0.39, 0.29) is 6.61 Å². The van der Waals surface area contributed by atoms with Crippen molar-refractivity contribution in [1.82, 2.24) is 4.57 Å². The Labute approximate surface area is 129 Å². The van der Waals surface area contributed by atoms with Gasteiger partial charge >= 0.3 is 0 Å². The zero-order chi connectivity index (χ0) is 14.9. The van der Waals surface area contributed by atoms with E-state index in [1.165, 1.54) is 21.7 Å². The first kappa shape index (κ1) is 13.1. The molecule has 0 spiro atoms. The molecule has 0 bridgehead atoms. The van der Waals surface area contributed by atoms with Crippen LogP contribution in [-0.2, 0) is 13.2 Å². The van der Waals surface area contributed by atoms with Crippen LogP contribution in [0.25, 0.3) is 21.7 Å². The Kier molecular flexibility index (Phi) is 3.17. The molecule has 0 atom stereocenters. The quantitative estimate of drug-likeness (QED) is 0.596. The van der Waals surface area contributed by atoms with E-state index in [0.717, 1.165) is 17.6 Å².